The minimum atomic E-state index is -0.867. The van der Waals surface area contributed by atoms with Gasteiger partial charge in [0.2, 0.25) is 5.91 Å². The number of benzene rings is 4. The quantitative estimate of drug-likeness (QED) is 0.108. The first kappa shape index (κ1) is 40.9. The Hall–Kier alpha value is -6.48. The van der Waals surface area contributed by atoms with Crippen LogP contribution in [-0.2, 0) is 19.1 Å². The van der Waals surface area contributed by atoms with Gasteiger partial charge in [-0.25, -0.2) is 14.6 Å². The van der Waals surface area contributed by atoms with E-state index in [4.69, 9.17) is 19.5 Å². The molecule has 4 aromatic carbocycles. The summed E-state index contributed by atoms with van der Waals surface area (Å²) in [6.07, 6.45) is 1.97. The molecular formula is C47H50N8O6S. The summed E-state index contributed by atoms with van der Waals surface area (Å²) in [5.41, 5.74) is 5.71. The summed E-state index contributed by atoms with van der Waals surface area (Å²) in [6.45, 7) is 5.55. The van der Waals surface area contributed by atoms with E-state index in [2.05, 4.69) is 69.5 Å². The Bertz CT molecular complexity index is 2710. The highest BCUT2D eigenvalue weighted by molar-refractivity contribution is 7.25. The molecule has 2 aromatic heterocycles. The first-order valence-corrected chi connectivity index (χ1v) is 22.0. The van der Waals surface area contributed by atoms with Gasteiger partial charge in [0.1, 0.15) is 23.7 Å². The van der Waals surface area contributed by atoms with Gasteiger partial charge in [-0.15, -0.1) is 11.3 Å². The van der Waals surface area contributed by atoms with E-state index in [-0.39, 0.29) is 35.9 Å². The number of hydrogen-bond donors (Lipinski definition) is 4. The van der Waals surface area contributed by atoms with Crippen molar-refractivity contribution in [1.82, 2.24) is 35.7 Å². The fourth-order valence-electron chi connectivity index (χ4n) is 9.19. The zero-order chi connectivity index (χ0) is 43.1. The number of methoxy groups -OCH3 is 2. The first-order chi connectivity index (χ1) is 30.1. The van der Waals surface area contributed by atoms with Crippen LogP contribution in [0.25, 0.3) is 42.3 Å². The largest absolute Gasteiger partial charge is 0.453 e. The average molecular weight is 855 g/mol. The second-order valence-electron chi connectivity index (χ2n) is 16.6. The minimum Gasteiger partial charge on any atom is -0.453 e. The second-order valence-corrected chi connectivity index (χ2v) is 17.6. The van der Waals surface area contributed by atoms with Crippen molar-refractivity contribution in [3.8, 4) is 11.1 Å². The van der Waals surface area contributed by atoms with Gasteiger partial charge in [-0.3, -0.25) is 14.6 Å². The molecule has 62 heavy (non-hydrogen) atoms. The predicted octanol–water partition coefficient (Wildman–Crippen LogP) is 7.77. The van der Waals surface area contributed by atoms with E-state index in [1.54, 1.807) is 11.3 Å². The maximum atomic E-state index is 14.0. The summed E-state index contributed by atoms with van der Waals surface area (Å²) >= 11 is 1.76. The number of aromatic nitrogens is 2. The van der Waals surface area contributed by atoms with Crippen LogP contribution < -0.4 is 16.0 Å². The zero-order valence-corrected chi connectivity index (χ0v) is 36.0. The van der Waals surface area contributed by atoms with Crippen molar-refractivity contribution in [3.05, 3.63) is 102 Å². The van der Waals surface area contributed by atoms with Gasteiger partial charge in [-0.05, 0) is 78.1 Å². The Balaban J connectivity index is 0.904. The molecule has 0 saturated carbocycles. The number of nitrogens with zero attached hydrogens (tertiary/aromatic N) is 4. The second kappa shape index (κ2) is 17.1. The molecule has 2 saturated heterocycles. The lowest BCUT2D eigenvalue weighted by Crippen LogP contribution is -2.51. The Morgan fingerprint density at radius 2 is 1.44 bits per heavy atom. The number of H-pyrrole nitrogens is 1. The van der Waals surface area contributed by atoms with Crippen LogP contribution in [0.2, 0.25) is 0 Å². The van der Waals surface area contributed by atoms with E-state index in [1.807, 2.05) is 60.0 Å². The molecule has 5 atom stereocenters. The molecule has 9 rings (SSSR count). The molecular weight excluding hydrogens is 805 g/mol. The average Bonchev–Trinajstić information content (AvgIpc) is 4.15. The molecule has 0 spiro atoms. The molecule has 1 unspecified atom stereocenters. The predicted molar refractivity (Wildman–Crippen MR) is 240 cm³/mol. The summed E-state index contributed by atoms with van der Waals surface area (Å²) in [5.74, 6) is 1.11. The van der Waals surface area contributed by atoms with E-state index >= 15 is 0 Å². The van der Waals surface area contributed by atoms with E-state index in [0.717, 1.165) is 65.1 Å². The third kappa shape index (κ3) is 7.81. The number of carbonyl (C=O) groups is 4. The number of thiophene rings is 1. The Kier molecular flexibility index (Phi) is 11.3. The molecule has 2 fully saturated rings. The molecule has 320 valence electrons. The SMILES string of the molecule is COC(=O)N[C@H](C(=O)N1CCC[C@H]1c1nc2ccc(-c3ccc4c(c3)sc3cc(C5CN=C([C@@H]6CCCN6C(=O)[C@H](NC(=O)OC)c6ccccc6)N5)ccc34)cc2[nH]1)C(C)C. The number of amidine groups is 1. The number of ether oxygens (including phenoxy) is 2. The number of likely N-dealkylation sites (tertiary alicyclic amines) is 2. The van der Waals surface area contributed by atoms with Gasteiger partial charge < -0.3 is 40.2 Å². The zero-order valence-electron chi connectivity index (χ0n) is 35.1. The normalized spacial score (nSPS) is 19.8. The Morgan fingerprint density at radius 3 is 2.18 bits per heavy atom. The number of aromatic amines is 1. The van der Waals surface area contributed by atoms with Crippen LogP contribution in [0.3, 0.4) is 0 Å². The molecule has 5 heterocycles. The smallest absolute Gasteiger partial charge is 0.407 e. The summed E-state index contributed by atoms with van der Waals surface area (Å²) in [7, 11) is 2.59. The molecule has 3 aliphatic rings. The van der Waals surface area contributed by atoms with Crippen molar-refractivity contribution >= 4 is 72.4 Å². The van der Waals surface area contributed by atoms with Crippen LogP contribution in [-0.4, -0.2) is 95.5 Å². The van der Waals surface area contributed by atoms with Crippen molar-refractivity contribution in [2.24, 2.45) is 10.9 Å². The molecule has 4 amide bonds. The number of amides is 4. The molecule has 15 heteroatoms. The lowest BCUT2D eigenvalue weighted by atomic mass is 10.0. The van der Waals surface area contributed by atoms with Gasteiger partial charge in [0.15, 0.2) is 0 Å². The van der Waals surface area contributed by atoms with Crippen molar-refractivity contribution in [2.75, 3.05) is 33.9 Å². The fourth-order valence-corrected chi connectivity index (χ4v) is 10.4. The third-order valence-electron chi connectivity index (χ3n) is 12.4. The van der Waals surface area contributed by atoms with E-state index in [1.165, 1.54) is 34.4 Å². The number of carbonyl (C=O) groups excluding carboxylic acids is 4. The number of nitrogens with one attached hydrogen (secondary N) is 4. The van der Waals surface area contributed by atoms with Crippen molar-refractivity contribution in [2.45, 2.75) is 69.7 Å². The van der Waals surface area contributed by atoms with Crippen LogP contribution in [0.15, 0.2) is 89.9 Å². The van der Waals surface area contributed by atoms with Gasteiger partial charge in [0.25, 0.3) is 5.91 Å². The molecule has 0 bridgehead atoms. The maximum absolute atomic E-state index is 14.0. The third-order valence-corrected chi connectivity index (χ3v) is 13.5. The fraction of sp³-hybridized carbons (Fsp3) is 0.362. The van der Waals surface area contributed by atoms with Crippen LogP contribution in [0.5, 0.6) is 0 Å². The summed E-state index contributed by atoms with van der Waals surface area (Å²) in [6, 6.07) is 26.7. The number of fused-ring (bicyclic) bond motifs is 4. The lowest BCUT2D eigenvalue weighted by Gasteiger charge is -2.30. The molecule has 4 N–H and O–H groups in total. The highest BCUT2D eigenvalue weighted by Gasteiger charge is 2.40. The molecule has 14 nitrogen and oxygen atoms in total. The first-order valence-electron chi connectivity index (χ1n) is 21.2. The van der Waals surface area contributed by atoms with E-state index in [0.29, 0.717) is 25.2 Å². The monoisotopic (exact) mass is 854 g/mol. The molecule has 0 aliphatic carbocycles. The van der Waals surface area contributed by atoms with Gasteiger partial charge >= 0.3 is 12.2 Å². The van der Waals surface area contributed by atoms with Crippen molar-refractivity contribution < 1.29 is 28.7 Å². The summed E-state index contributed by atoms with van der Waals surface area (Å²) in [5, 5.41) is 11.5. The maximum Gasteiger partial charge on any atom is 0.407 e. The molecule has 0 radical (unpaired) electrons. The number of hydrogen-bond acceptors (Lipinski definition) is 10. The Labute approximate surface area is 363 Å². The highest BCUT2D eigenvalue weighted by atomic mass is 32.1. The van der Waals surface area contributed by atoms with Crippen LogP contribution in [0, 0.1) is 5.92 Å². The molecule has 3 aliphatic heterocycles. The van der Waals surface area contributed by atoms with Crippen molar-refractivity contribution in [3.63, 3.8) is 0 Å². The van der Waals surface area contributed by atoms with Gasteiger partial charge in [-0.1, -0.05) is 74.5 Å². The van der Waals surface area contributed by atoms with Crippen LogP contribution in [0.1, 0.15) is 74.6 Å². The number of alkyl carbamates (subject to hydrolysis) is 2. The lowest BCUT2D eigenvalue weighted by molar-refractivity contribution is -0.135. The van der Waals surface area contributed by atoms with Gasteiger partial charge in [0, 0.05) is 33.3 Å². The van der Waals surface area contributed by atoms with Gasteiger partial charge in [-0.2, -0.15) is 0 Å². The Morgan fingerprint density at radius 1 is 0.774 bits per heavy atom. The van der Waals surface area contributed by atoms with Crippen LogP contribution >= 0.6 is 11.3 Å². The minimum absolute atomic E-state index is 0.0283. The van der Waals surface area contributed by atoms with Crippen molar-refractivity contribution in [1.29, 1.82) is 0 Å². The van der Waals surface area contributed by atoms with E-state index < -0.39 is 24.3 Å². The van der Waals surface area contributed by atoms with Gasteiger partial charge in [0.05, 0.1) is 49.9 Å². The standard InChI is InChI=1S/C47H50N8O6S/c1-26(2)40(52-46(58)60-3)44(56)55-21-9-13-37(55)43-49-33-19-16-28(22-34(33)50-43)29-14-17-31-32-18-15-30(24-39(32)62-38(31)23-29)35-25-48-42(51-35)36-12-8-20-54(36)45(57)41(53-47(59)61-4)27-10-6-5-7-11-27/h5-7,10-11,14-19,22-24,26,35-37,40-41H,8-9,12-13,20-21,25H2,1-4H3,(H,48,51)(H,49,50)(H,52,58)(H,53,59)/t35?,36-,37-,40-,41+/m0/s1. The number of rotatable bonds is 10. The van der Waals surface area contributed by atoms with E-state index in [9.17, 15) is 19.2 Å². The highest BCUT2D eigenvalue weighted by Crippen LogP contribution is 2.39. The number of imidazole rings is 1. The number of aliphatic imine (C=N–C) groups is 1. The molecule has 6 aromatic rings. The summed E-state index contributed by atoms with van der Waals surface area (Å²) < 4.78 is 12.0. The topological polar surface area (TPSA) is 170 Å². The summed E-state index contributed by atoms with van der Waals surface area (Å²) in [4.78, 5) is 69.1. The van der Waals surface area contributed by atoms with Crippen LogP contribution in [0.4, 0.5) is 9.59 Å².